The molecule has 0 spiro atoms. The van der Waals surface area contributed by atoms with Crippen molar-refractivity contribution in [2.24, 2.45) is 10.4 Å². The average molecular weight is 384 g/mol. The van der Waals surface area contributed by atoms with Gasteiger partial charge in [0.25, 0.3) is 0 Å². The molecule has 0 radical (unpaired) electrons. The lowest BCUT2D eigenvalue weighted by Gasteiger charge is -2.26. The number of hydrogen-bond acceptors (Lipinski definition) is 3. The van der Waals surface area contributed by atoms with E-state index in [9.17, 15) is 4.79 Å². The van der Waals surface area contributed by atoms with Gasteiger partial charge >= 0.3 is 0 Å². The number of aliphatic imine (C=N–C) groups is 1. The first kappa shape index (κ1) is 18.9. The number of ether oxygens (including phenoxy) is 1. The molecule has 29 heavy (non-hydrogen) atoms. The minimum atomic E-state index is -0.724. The van der Waals surface area contributed by atoms with Gasteiger partial charge in [0.15, 0.2) is 0 Å². The molecular weight excluding hydrogens is 360 g/mol. The molecule has 0 unspecified atom stereocenters. The maximum absolute atomic E-state index is 13.7. The molecule has 3 aromatic rings. The Labute approximate surface area is 171 Å². The third-order valence-corrected chi connectivity index (χ3v) is 5.50. The molecule has 1 aliphatic rings. The summed E-state index contributed by atoms with van der Waals surface area (Å²) >= 11 is 0. The fourth-order valence-corrected chi connectivity index (χ4v) is 3.88. The van der Waals surface area contributed by atoms with Gasteiger partial charge in [-0.05, 0) is 43.2 Å². The molecule has 146 valence electrons. The first-order chi connectivity index (χ1) is 14.1. The molecule has 1 saturated heterocycles. The maximum Gasteiger partial charge on any atom is 0.239 e. The summed E-state index contributed by atoms with van der Waals surface area (Å²) in [4.78, 5) is 20.5. The van der Waals surface area contributed by atoms with Crippen molar-refractivity contribution in [3.63, 3.8) is 0 Å². The van der Waals surface area contributed by atoms with Gasteiger partial charge in [-0.1, -0.05) is 60.7 Å². The van der Waals surface area contributed by atoms with E-state index in [0.29, 0.717) is 18.7 Å². The van der Waals surface area contributed by atoms with E-state index in [4.69, 9.17) is 9.73 Å². The summed E-state index contributed by atoms with van der Waals surface area (Å²) in [7, 11) is 1.63. The highest BCUT2D eigenvalue weighted by atomic mass is 16.5. The summed E-state index contributed by atoms with van der Waals surface area (Å²) in [6.07, 6.45) is 0.685. The Hall–Kier alpha value is -3.40. The Balaban J connectivity index is 1.79. The molecule has 1 atom stereocenters. The summed E-state index contributed by atoms with van der Waals surface area (Å²) in [6.45, 7) is 2.62. The van der Waals surface area contributed by atoms with Crippen LogP contribution in [0.2, 0.25) is 0 Å². The van der Waals surface area contributed by atoms with Crippen molar-refractivity contribution in [2.45, 2.75) is 13.3 Å². The number of methoxy groups -OCH3 is 1. The maximum atomic E-state index is 13.7. The van der Waals surface area contributed by atoms with Crippen LogP contribution in [0.5, 0.6) is 5.75 Å². The molecule has 1 heterocycles. The molecule has 4 heteroatoms. The minimum absolute atomic E-state index is 0.0422. The van der Waals surface area contributed by atoms with Crippen LogP contribution in [0.4, 0.5) is 11.4 Å². The molecule has 1 aliphatic heterocycles. The second kappa shape index (κ2) is 7.92. The van der Waals surface area contributed by atoms with Gasteiger partial charge in [-0.2, -0.15) is 0 Å². The Morgan fingerprint density at radius 2 is 1.55 bits per heavy atom. The predicted octanol–water partition coefficient (Wildman–Crippen LogP) is 5.26. The van der Waals surface area contributed by atoms with Crippen LogP contribution in [0, 0.1) is 5.41 Å². The van der Waals surface area contributed by atoms with E-state index in [-0.39, 0.29) is 5.91 Å². The van der Waals surface area contributed by atoms with E-state index in [2.05, 4.69) is 0 Å². The number of hydrogen-bond donors (Lipinski definition) is 0. The Morgan fingerprint density at radius 1 is 0.931 bits per heavy atom. The van der Waals surface area contributed by atoms with Crippen molar-refractivity contribution in [1.29, 1.82) is 0 Å². The van der Waals surface area contributed by atoms with Gasteiger partial charge < -0.3 is 9.64 Å². The third kappa shape index (κ3) is 3.54. The zero-order chi connectivity index (χ0) is 20.3. The molecule has 0 bridgehead atoms. The number of benzene rings is 3. The summed E-state index contributed by atoms with van der Waals surface area (Å²) in [5.74, 6) is 0.742. The highest BCUT2D eigenvalue weighted by Gasteiger charge is 2.48. The fraction of sp³-hybridized carbons (Fsp3) is 0.200. The molecule has 1 fully saturated rings. The van der Waals surface area contributed by atoms with Gasteiger partial charge in [-0.25, -0.2) is 0 Å². The standard InChI is InChI=1S/C25H24N2O2/c1-25(17-18-27(24(25)28)21-15-9-10-16-22(21)29-2)23(19-11-5-3-6-12-19)26-20-13-7-4-8-14-20/h3-16H,17-18H2,1-2H3/t25-/m0/s1. The van der Waals surface area contributed by atoms with E-state index < -0.39 is 5.41 Å². The van der Waals surface area contributed by atoms with Crippen molar-refractivity contribution < 1.29 is 9.53 Å². The second-order valence-electron chi connectivity index (χ2n) is 7.37. The van der Waals surface area contributed by atoms with Gasteiger partial charge in [-0.3, -0.25) is 9.79 Å². The normalized spacial score (nSPS) is 19.4. The van der Waals surface area contributed by atoms with E-state index in [1.807, 2.05) is 96.8 Å². The molecule has 0 aromatic heterocycles. The first-order valence-corrected chi connectivity index (χ1v) is 9.78. The Kier molecular flexibility index (Phi) is 5.17. The lowest BCUT2D eigenvalue weighted by Crippen LogP contribution is -2.39. The molecule has 4 nitrogen and oxygen atoms in total. The predicted molar refractivity (Wildman–Crippen MR) is 117 cm³/mol. The summed E-state index contributed by atoms with van der Waals surface area (Å²) in [5.41, 5.74) is 2.69. The van der Waals surface area contributed by atoms with Gasteiger partial charge in [0.05, 0.1) is 29.6 Å². The summed E-state index contributed by atoms with van der Waals surface area (Å²) < 4.78 is 5.49. The van der Waals surface area contributed by atoms with Crippen LogP contribution in [0.15, 0.2) is 89.9 Å². The van der Waals surface area contributed by atoms with Gasteiger partial charge in [-0.15, -0.1) is 0 Å². The molecule has 0 N–H and O–H groups in total. The summed E-state index contributed by atoms with van der Waals surface area (Å²) in [6, 6.07) is 27.4. The van der Waals surface area contributed by atoms with Crippen LogP contribution >= 0.6 is 0 Å². The van der Waals surface area contributed by atoms with Crippen LogP contribution < -0.4 is 9.64 Å². The van der Waals surface area contributed by atoms with Crippen LogP contribution in [-0.4, -0.2) is 25.3 Å². The number of anilines is 1. The molecule has 4 rings (SSSR count). The number of amides is 1. The molecule has 0 aliphatic carbocycles. The van der Waals surface area contributed by atoms with E-state index in [0.717, 1.165) is 22.6 Å². The zero-order valence-corrected chi connectivity index (χ0v) is 16.7. The highest BCUT2D eigenvalue weighted by molar-refractivity contribution is 6.22. The van der Waals surface area contributed by atoms with Crippen LogP contribution in [-0.2, 0) is 4.79 Å². The number of rotatable bonds is 5. The Bertz CT molecular complexity index is 1030. The van der Waals surface area contributed by atoms with Crippen molar-refractivity contribution in [3.8, 4) is 5.75 Å². The largest absolute Gasteiger partial charge is 0.495 e. The lowest BCUT2D eigenvalue weighted by molar-refractivity contribution is -0.121. The number of para-hydroxylation sites is 3. The topological polar surface area (TPSA) is 41.9 Å². The van der Waals surface area contributed by atoms with Crippen LogP contribution in [0.25, 0.3) is 0 Å². The van der Waals surface area contributed by atoms with Crippen molar-refractivity contribution in [2.75, 3.05) is 18.6 Å². The van der Waals surface area contributed by atoms with Gasteiger partial charge in [0, 0.05) is 6.54 Å². The lowest BCUT2D eigenvalue weighted by atomic mass is 9.79. The molecule has 3 aromatic carbocycles. The smallest absolute Gasteiger partial charge is 0.239 e. The Morgan fingerprint density at radius 3 is 2.24 bits per heavy atom. The van der Waals surface area contributed by atoms with Crippen LogP contribution in [0.1, 0.15) is 18.9 Å². The second-order valence-corrected chi connectivity index (χ2v) is 7.37. The van der Waals surface area contributed by atoms with Crippen molar-refractivity contribution in [3.05, 3.63) is 90.5 Å². The molecule has 1 amide bonds. The summed E-state index contributed by atoms with van der Waals surface area (Å²) in [5, 5.41) is 0. The SMILES string of the molecule is COc1ccccc1N1CC[C@@](C)(C(=Nc2ccccc2)c2ccccc2)C1=O. The van der Waals surface area contributed by atoms with E-state index in [1.54, 1.807) is 7.11 Å². The van der Waals surface area contributed by atoms with Gasteiger partial charge in [0.1, 0.15) is 5.75 Å². The average Bonchev–Trinajstić information content (AvgIpc) is 3.08. The number of carbonyl (C=O) groups excluding carboxylic acids is 1. The quantitative estimate of drug-likeness (QED) is 0.563. The van der Waals surface area contributed by atoms with E-state index in [1.165, 1.54) is 0 Å². The molecule has 0 saturated carbocycles. The fourth-order valence-electron chi connectivity index (χ4n) is 3.88. The number of nitrogens with zero attached hydrogens (tertiary/aromatic N) is 2. The van der Waals surface area contributed by atoms with Gasteiger partial charge in [0.2, 0.25) is 5.91 Å². The van der Waals surface area contributed by atoms with Crippen molar-refractivity contribution >= 4 is 23.0 Å². The zero-order valence-electron chi connectivity index (χ0n) is 16.7. The third-order valence-electron chi connectivity index (χ3n) is 5.50. The highest BCUT2D eigenvalue weighted by Crippen LogP contribution is 2.41. The van der Waals surface area contributed by atoms with E-state index >= 15 is 0 Å². The first-order valence-electron chi connectivity index (χ1n) is 9.78. The minimum Gasteiger partial charge on any atom is -0.495 e. The van der Waals surface area contributed by atoms with Crippen LogP contribution in [0.3, 0.4) is 0 Å². The number of carbonyl (C=O) groups is 1. The van der Waals surface area contributed by atoms with Crippen molar-refractivity contribution in [1.82, 2.24) is 0 Å². The monoisotopic (exact) mass is 384 g/mol. The molecular formula is C25H24N2O2.